The van der Waals surface area contributed by atoms with Crippen LogP contribution in [0.2, 0.25) is 0 Å². The fourth-order valence-corrected chi connectivity index (χ4v) is 2.13. The molecule has 0 saturated carbocycles. The highest BCUT2D eigenvalue weighted by Crippen LogP contribution is 2.21. The zero-order chi connectivity index (χ0) is 14.6. The molecule has 0 aliphatic rings. The van der Waals surface area contributed by atoms with E-state index >= 15 is 0 Å². The molecule has 1 atom stereocenters. The van der Waals surface area contributed by atoms with E-state index in [0.717, 1.165) is 15.9 Å². The van der Waals surface area contributed by atoms with Crippen molar-refractivity contribution in [3.05, 3.63) is 15.9 Å². The Labute approximate surface area is 122 Å². The second kappa shape index (κ2) is 6.52. The first-order chi connectivity index (χ1) is 8.85. The van der Waals surface area contributed by atoms with Gasteiger partial charge in [-0.05, 0) is 57.1 Å². The number of hydrogen-bond donors (Lipinski definition) is 1. The smallest absolute Gasteiger partial charge is 0.326 e. The quantitative estimate of drug-likeness (QED) is 0.812. The SMILES string of the molecule is CCOC(=O)C(C)(CCn1nc(C)c(Br)c1C)NC. The van der Waals surface area contributed by atoms with Gasteiger partial charge in [0, 0.05) is 12.2 Å². The Morgan fingerprint density at radius 3 is 2.58 bits per heavy atom. The van der Waals surface area contributed by atoms with Crippen molar-refractivity contribution in [2.45, 2.75) is 46.2 Å². The minimum Gasteiger partial charge on any atom is -0.465 e. The van der Waals surface area contributed by atoms with Crippen LogP contribution in [0.5, 0.6) is 0 Å². The maximum absolute atomic E-state index is 12.0. The minimum absolute atomic E-state index is 0.224. The number of carbonyl (C=O) groups excluding carboxylic acids is 1. The van der Waals surface area contributed by atoms with Gasteiger partial charge in [0.15, 0.2) is 0 Å². The largest absolute Gasteiger partial charge is 0.465 e. The van der Waals surface area contributed by atoms with Gasteiger partial charge in [-0.2, -0.15) is 5.10 Å². The molecule has 1 aromatic rings. The van der Waals surface area contributed by atoms with Gasteiger partial charge in [0.2, 0.25) is 0 Å². The molecule has 19 heavy (non-hydrogen) atoms. The Balaban J connectivity index is 2.77. The molecule has 1 heterocycles. The number of ether oxygens (including phenoxy) is 1. The van der Waals surface area contributed by atoms with Gasteiger partial charge in [-0.1, -0.05) is 0 Å². The van der Waals surface area contributed by atoms with Crippen LogP contribution in [0.4, 0.5) is 0 Å². The van der Waals surface area contributed by atoms with Crippen molar-refractivity contribution in [1.82, 2.24) is 15.1 Å². The average Bonchev–Trinajstić information content (AvgIpc) is 2.63. The molecule has 0 aromatic carbocycles. The highest BCUT2D eigenvalue weighted by molar-refractivity contribution is 9.10. The standard InChI is InChI=1S/C13H22BrN3O2/c1-6-19-12(18)13(4,15-5)7-8-17-10(3)11(14)9(2)16-17/h15H,6-8H2,1-5H3. The molecule has 0 fully saturated rings. The van der Waals surface area contributed by atoms with E-state index in [9.17, 15) is 4.79 Å². The lowest BCUT2D eigenvalue weighted by molar-refractivity contribution is -0.150. The molecule has 6 heteroatoms. The van der Waals surface area contributed by atoms with E-state index in [-0.39, 0.29) is 5.97 Å². The normalized spacial score (nSPS) is 14.2. The second-order valence-electron chi connectivity index (χ2n) is 4.76. The van der Waals surface area contributed by atoms with Gasteiger partial charge in [-0.25, -0.2) is 0 Å². The number of rotatable bonds is 6. The molecular formula is C13H22BrN3O2. The fraction of sp³-hybridized carbons (Fsp3) is 0.692. The van der Waals surface area contributed by atoms with E-state index in [2.05, 4.69) is 26.3 Å². The van der Waals surface area contributed by atoms with E-state index in [1.807, 2.05) is 32.4 Å². The summed E-state index contributed by atoms with van der Waals surface area (Å²) in [6.45, 7) is 8.68. The van der Waals surface area contributed by atoms with Crippen LogP contribution in [-0.2, 0) is 16.1 Å². The summed E-state index contributed by atoms with van der Waals surface area (Å²) in [5.74, 6) is -0.224. The molecule has 108 valence electrons. The molecule has 1 unspecified atom stereocenters. The zero-order valence-electron chi connectivity index (χ0n) is 12.2. The van der Waals surface area contributed by atoms with Crippen molar-refractivity contribution in [2.24, 2.45) is 0 Å². The summed E-state index contributed by atoms with van der Waals surface area (Å²) in [4.78, 5) is 12.0. The van der Waals surface area contributed by atoms with Crippen molar-refractivity contribution in [2.75, 3.05) is 13.7 Å². The first kappa shape index (κ1) is 16.2. The maximum Gasteiger partial charge on any atom is 0.326 e. The summed E-state index contributed by atoms with van der Waals surface area (Å²) in [6.07, 6.45) is 0.622. The van der Waals surface area contributed by atoms with Crippen molar-refractivity contribution >= 4 is 21.9 Å². The predicted octanol–water partition coefficient (Wildman–Crippen LogP) is 2.19. The Bertz CT molecular complexity index is 459. The first-order valence-corrected chi connectivity index (χ1v) is 7.20. The lowest BCUT2D eigenvalue weighted by Gasteiger charge is -2.26. The van der Waals surface area contributed by atoms with E-state index in [1.165, 1.54) is 0 Å². The Kier molecular flexibility index (Phi) is 5.55. The fourth-order valence-electron chi connectivity index (χ4n) is 1.84. The van der Waals surface area contributed by atoms with Gasteiger partial charge in [-0.15, -0.1) is 0 Å². The summed E-state index contributed by atoms with van der Waals surface area (Å²) in [5.41, 5.74) is 1.34. The molecule has 0 bridgehead atoms. The first-order valence-electron chi connectivity index (χ1n) is 6.41. The number of likely N-dealkylation sites (N-methyl/N-ethyl adjacent to an activating group) is 1. The van der Waals surface area contributed by atoms with Gasteiger partial charge in [-0.3, -0.25) is 9.48 Å². The predicted molar refractivity (Wildman–Crippen MR) is 78.1 cm³/mol. The molecule has 0 spiro atoms. The lowest BCUT2D eigenvalue weighted by Crippen LogP contribution is -2.49. The van der Waals surface area contributed by atoms with Gasteiger partial charge in [0.05, 0.1) is 16.8 Å². The number of nitrogens with one attached hydrogen (secondary N) is 1. The molecule has 1 N–H and O–H groups in total. The van der Waals surface area contributed by atoms with Crippen LogP contribution in [-0.4, -0.2) is 34.9 Å². The molecular weight excluding hydrogens is 310 g/mol. The highest BCUT2D eigenvalue weighted by atomic mass is 79.9. The molecule has 1 rings (SSSR count). The number of aromatic nitrogens is 2. The van der Waals surface area contributed by atoms with Crippen LogP contribution in [0, 0.1) is 13.8 Å². The lowest BCUT2D eigenvalue weighted by atomic mass is 9.98. The highest BCUT2D eigenvalue weighted by Gasteiger charge is 2.32. The third kappa shape index (κ3) is 3.57. The van der Waals surface area contributed by atoms with E-state index in [0.29, 0.717) is 19.6 Å². The van der Waals surface area contributed by atoms with Crippen LogP contribution in [0.25, 0.3) is 0 Å². The molecule has 0 aliphatic heterocycles. The zero-order valence-corrected chi connectivity index (χ0v) is 13.8. The van der Waals surface area contributed by atoms with Gasteiger partial charge < -0.3 is 10.1 Å². The number of esters is 1. The number of nitrogens with zero attached hydrogens (tertiary/aromatic N) is 2. The van der Waals surface area contributed by atoms with Gasteiger partial charge in [0.1, 0.15) is 5.54 Å². The average molecular weight is 332 g/mol. The van der Waals surface area contributed by atoms with Crippen LogP contribution >= 0.6 is 15.9 Å². The van der Waals surface area contributed by atoms with E-state index in [1.54, 1.807) is 7.05 Å². The van der Waals surface area contributed by atoms with Crippen LogP contribution in [0.3, 0.4) is 0 Å². The molecule has 0 saturated heterocycles. The number of aryl methyl sites for hydroxylation is 2. The maximum atomic E-state index is 12.0. The summed E-state index contributed by atoms with van der Waals surface area (Å²) < 4.78 is 8.04. The van der Waals surface area contributed by atoms with Crippen molar-refractivity contribution in [1.29, 1.82) is 0 Å². The number of halogens is 1. The number of carbonyl (C=O) groups is 1. The molecule has 1 aromatic heterocycles. The monoisotopic (exact) mass is 331 g/mol. The molecule has 0 radical (unpaired) electrons. The van der Waals surface area contributed by atoms with E-state index < -0.39 is 5.54 Å². The molecule has 0 aliphatic carbocycles. The Hall–Kier alpha value is -0.880. The van der Waals surface area contributed by atoms with Crippen LogP contribution < -0.4 is 5.32 Å². The summed E-state index contributed by atoms with van der Waals surface area (Å²) in [7, 11) is 1.77. The third-order valence-corrected chi connectivity index (χ3v) is 4.54. The van der Waals surface area contributed by atoms with Crippen molar-refractivity contribution in [3.8, 4) is 0 Å². The number of hydrogen-bond acceptors (Lipinski definition) is 4. The van der Waals surface area contributed by atoms with Gasteiger partial charge in [0.25, 0.3) is 0 Å². The summed E-state index contributed by atoms with van der Waals surface area (Å²) in [6, 6.07) is 0. The topological polar surface area (TPSA) is 56.2 Å². The van der Waals surface area contributed by atoms with Crippen LogP contribution in [0.15, 0.2) is 4.47 Å². The van der Waals surface area contributed by atoms with E-state index in [4.69, 9.17) is 4.74 Å². The Morgan fingerprint density at radius 1 is 1.53 bits per heavy atom. The van der Waals surface area contributed by atoms with Crippen molar-refractivity contribution in [3.63, 3.8) is 0 Å². The van der Waals surface area contributed by atoms with Crippen LogP contribution in [0.1, 0.15) is 31.7 Å². The minimum atomic E-state index is -0.686. The molecule has 5 nitrogen and oxygen atoms in total. The summed E-state index contributed by atoms with van der Waals surface area (Å²) in [5, 5.41) is 7.49. The molecule has 0 amide bonds. The van der Waals surface area contributed by atoms with Crippen molar-refractivity contribution < 1.29 is 9.53 Å². The van der Waals surface area contributed by atoms with Gasteiger partial charge >= 0.3 is 5.97 Å². The third-order valence-electron chi connectivity index (χ3n) is 3.39. The Morgan fingerprint density at radius 2 is 2.16 bits per heavy atom. The summed E-state index contributed by atoms with van der Waals surface area (Å²) >= 11 is 3.50. The second-order valence-corrected chi connectivity index (χ2v) is 5.55.